The molecule has 0 aliphatic carbocycles. The first-order valence-electron chi connectivity index (χ1n) is 6.55. The van der Waals surface area contributed by atoms with Crippen molar-refractivity contribution >= 4 is 29.1 Å². The molecule has 1 aromatic carbocycles. The lowest BCUT2D eigenvalue weighted by Gasteiger charge is -2.31. The molecule has 4 nitrogen and oxygen atoms in total. The number of aliphatic hydroxyl groups is 1. The molecule has 1 aliphatic heterocycles. The smallest absolute Gasteiger partial charge is 0.263 e. The highest BCUT2D eigenvalue weighted by Gasteiger charge is 2.26. The zero-order valence-electron chi connectivity index (χ0n) is 11.2. The van der Waals surface area contributed by atoms with E-state index < -0.39 is 6.10 Å². The van der Waals surface area contributed by atoms with Crippen LogP contribution >= 0.6 is 23.2 Å². The van der Waals surface area contributed by atoms with Crippen molar-refractivity contribution in [2.24, 2.45) is 0 Å². The highest BCUT2D eigenvalue weighted by Crippen LogP contribution is 2.25. The molecule has 2 rings (SSSR count). The predicted molar refractivity (Wildman–Crippen MR) is 78.4 cm³/mol. The average molecular weight is 318 g/mol. The molecule has 1 amide bonds. The number of hydrogen-bond donors (Lipinski definition) is 1. The minimum Gasteiger partial charge on any atom is -0.481 e. The van der Waals surface area contributed by atoms with Crippen molar-refractivity contribution in [2.75, 3.05) is 13.1 Å². The Bertz CT molecular complexity index is 467. The number of nitrogens with zero attached hydrogens (tertiary/aromatic N) is 1. The summed E-state index contributed by atoms with van der Waals surface area (Å²) in [4.78, 5) is 13.9. The van der Waals surface area contributed by atoms with Crippen molar-refractivity contribution < 1.29 is 14.6 Å². The van der Waals surface area contributed by atoms with Gasteiger partial charge >= 0.3 is 0 Å². The van der Waals surface area contributed by atoms with Crippen LogP contribution in [0.3, 0.4) is 0 Å². The number of carbonyl (C=O) groups excluding carboxylic acids is 1. The normalized spacial score (nSPS) is 17.9. The van der Waals surface area contributed by atoms with Crippen LogP contribution in [0.5, 0.6) is 5.75 Å². The fraction of sp³-hybridized carbons (Fsp3) is 0.500. The Morgan fingerprint density at radius 2 is 1.85 bits per heavy atom. The van der Waals surface area contributed by atoms with Gasteiger partial charge in [-0.25, -0.2) is 0 Å². The average Bonchev–Trinajstić information content (AvgIpc) is 2.37. The highest BCUT2D eigenvalue weighted by molar-refractivity contribution is 6.34. The summed E-state index contributed by atoms with van der Waals surface area (Å²) in [7, 11) is 0. The van der Waals surface area contributed by atoms with E-state index in [1.807, 2.05) is 0 Å². The number of ether oxygens (including phenoxy) is 1. The third-order valence-corrected chi connectivity index (χ3v) is 3.71. The van der Waals surface area contributed by atoms with Crippen molar-refractivity contribution in [1.82, 2.24) is 4.90 Å². The number of benzene rings is 1. The molecule has 1 aromatic rings. The Labute approximate surface area is 128 Å². The number of carbonyl (C=O) groups is 1. The zero-order valence-corrected chi connectivity index (χ0v) is 12.7. The Balaban J connectivity index is 1.97. The lowest BCUT2D eigenvalue weighted by molar-refractivity contribution is -0.139. The lowest BCUT2D eigenvalue weighted by atomic mass is 10.1. The molecule has 0 aromatic heterocycles. The van der Waals surface area contributed by atoms with E-state index in [1.165, 1.54) is 0 Å². The minimum absolute atomic E-state index is 0.0898. The maximum absolute atomic E-state index is 12.2. The van der Waals surface area contributed by atoms with Crippen LogP contribution in [0, 0.1) is 0 Å². The summed E-state index contributed by atoms with van der Waals surface area (Å²) < 4.78 is 5.60. The molecule has 1 N–H and O–H groups in total. The van der Waals surface area contributed by atoms with Crippen molar-refractivity contribution in [3.63, 3.8) is 0 Å². The predicted octanol–water partition coefficient (Wildman–Crippen LogP) is 2.74. The minimum atomic E-state index is -0.611. The fourth-order valence-corrected chi connectivity index (χ4v) is 2.70. The topological polar surface area (TPSA) is 49.8 Å². The summed E-state index contributed by atoms with van der Waals surface area (Å²) in [6, 6.07) is 4.85. The van der Waals surface area contributed by atoms with Gasteiger partial charge in [0, 0.05) is 23.1 Å². The van der Waals surface area contributed by atoms with Gasteiger partial charge in [0.2, 0.25) is 0 Å². The lowest BCUT2D eigenvalue weighted by Crippen LogP contribution is -2.45. The van der Waals surface area contributed by atoms with Crippen molar-refractivity contribution in [3.8, 4) is 5.75 Å². The molecule has 1 atom stereocenters. The van der Waals surface area contributed by atoms with Gasteiger partial charge in [0.1, 0.15) is 5.75 Å². The molecule has 1 aliphatic rings. The molecule has 1 fully saturated rings. The summed E-state index contributed by atoms with van der Waals surface area (Å²) in [5.41, 5.74) is 0. The van der Waals surface area contributed by atoms with Crippen LogP contribution in [0.4, 0.5) is 0 Å². The molecule has 0 spiro atoms. The first-order valence-corrected chi connectivity index (χ1v) is 7.31. The van der Waals surface area contributed by atoms with E-state index in [9.17, 15) is 9.90 Å². The highest BCUT2D eigenvalue weighted by atomic mass is 35.5. The van der Waals surface area contributed by atoms with Crippen molar-refractivity contribution in [3.05, 3.63) is 28.2 Å². The molecule has 0 bridgehead atoms. The van der Waals surface area contributed by atoms with Crippen LogP contribution in [-0.2, 0) is 4.79 Å². The van der Waals surface area contributed by atoms with Gasteiger partial charge in [-0.15, -0.1) is 0 Å². The summed E-state index contributed by atoms with van der Waals surface area (Å²) in [6.07, 6.45) is 0.310. The molecule has 110 valence electrons. The van der Waals surface area contributed by atoms with Crippen LogP contribution in [0.25, 0.3) is 0 Å². The molecular weight excluding hydrogens is 301 g/mol. The second-order valence-electron chi connectivity index (χ2n) is 4.92. The van der Waals surface area contributed by atoms with E-state index in [2.05, 4.69) is 0 Å². The Hall–Kier alpha value is -0.970. The van der Waals surface area contributed by atoms with Gasteiger partial charge in [0.25, 0.3) is 5.91 Å². The molecule has 0 saturated carbocycles. The molecular formula is C14H17Cl2NO3. The van der Waals surface area contributed by atoms with Crippen LogP contribution in [0.1, 0.15) is 19.8 Å². The first kappa shape index (κ1) is 15.4. The van der Waals surface area contributed by atoms with E-state index >= 15 is 0 Å². The summed E-state index contributed by atoms with van der Waals surface area (Å²) in [6.45, 7) is 2.82. The number of likely N-dealkylation sites (tertiary alicyclic amines) is 1. The van der Waals surface area contributed by atoms with Crippen LogP contribution in [-0.4, -0.2) is 41.2 Å². The van der Waals surface area contributed by atoms with Gasteiger partial charge in [0.05, 0.1) is 6.10 Å². The second kappa shape index (κ2) is 6.66. The van der Waals surface area contributed by atoms with Gasteiger partial charge in [-0.2, -0.15) is 0 Å². The standard InChI is InChI=1S/C14H17Cl2NO3/c1-9(14(19)17-4-2-12(18)3-5-17)20-13-7-10(15)6-11(16)8-13/h6-9,12,18H,2-5H2,1H3. The van der Waals surface area contributed by atoms with E-state index in [1.54, 1.807) is 30.0 Å². The Morgan fingerprint density at radius 3 is 2.40 bits per heavy atom. The molecule has 0 radical (unpaired) electrons. The van der Waals surface area contributed by atoms with Gasteiger partial charge in [-0.3, -0.25) is 4.79 Å². The van der Waals surface area contributed by atoms with Crippen LogP contribution < -0.4 is 4.74 Å². The fourth-order valence-electron chi connectivity index (χ4n) is 2.19. The third-order valence-electron chi connectivity index (χ3n) is 3.27. The molecule has 1 unspecified atom stereocenters. The van der Waals surface area contributed by atoms with Crippen molar-refractivity contribution in [2.45, 2.75) is 32.0 Å². The van der Waals surface area contributed by atoms with Gasteiger partial charge in [-0.1, -0.05) is 23.2 Å². The van der Waals surface area contributed by atoms with Crippen LogP contribution in [0.15, 0.2) is 18.2 Å². The maximum Gasteiger partial charge on any atom is 0.263 e. The number of aliphatic hydroxyl groups excluding tert-OH is 1. The molecule has 1 saturated heterocycles. The first-order chi connectivity index (χ1) is 9.45. The zero-order chi connectivity index (χ0) is 14.7. The quantitative estimate of drug-likeness (QED) is 0.932. The summed E-state index contributed by atoms with van der Waals surface area (Å²) in [5, 5.41) is 10.4. The SMILES string of the molecule is CC(Oc1cc(Cl)cc(Cl)c1)C(=O)N1CCC(O)CC1. The summed E-state index contributed by atoms with van der Waals surface area (Å²) in [5.74, 6) is 0.383. The summed E-state index contributed by atoms with van der Waals surface area (Å²) >= 11 is 11.8. The molecule has 6 heteroatoms. The number of hydrogen-bond acceptors (Lipinski definition) is 3. The monoisotopic (exact) mass is 317 g/mol. The van der Waals surface area contributed by atoms with Crippen LogP contribution in [0.2, 0.25) is 10.0 Å². The van der Waals surface area contributed by atoms with E-state index in [0.717, 1.165) is 0 Å². The molecule has 1 heterocycles. The largest absolute Gasteiger partial charge is 0.481 e. The van der Waals surface area contributed by atoms with Gasteiger partial charge in [0.15, 0.2) is 6.10 Å². The molecule has 20 heavy (non-hydrogen) atoms. The number of halogens is 2. The van der Waals surface area contributed by atoms with Crippen molar-refractivity contribution in [1.29, 1.82) is 0 Å². The van der Waals surface area contributed by atoms with E-state index in [0.29, 0.717) is 41.7 Å². The number of rotatable bonds is 3. The van der Waals surface area contributed by atoms with Gasteiger partial charge in [-0.05, 0) is 38.0 Å². The van der Waals surface area contributed by atoms with E-state index in [-0.39, 0.29) is 12.0 Å². The second-order valence-corrected chi connectivity index (χ2v) is 5.79. The Kier molecular flexibility index (Phi) is 5.13. The third kappa shape index (κ3) is 4.01. The van der Waals surface area contributed by atoms with Gasteiger partial charge < -0.3 is 14.7 Å². The number of piperidine rings is 1. The Morgan fingerprint density at radius 1 is 1.30 bits per heavy atom. The number of amides is 1. The van der Waals surface area contributed by atoms with E-state index in [4.69, 9.17) is 27.9 Å². The maximum atomic E-state index is 12.2.